The first kappa shape index (κ1) is 13.0. The maximum Gasteiger partial charge on any atom is 0.127 e. The number of likely N-dealkylation sites (N-methyl/N-ethyl adjacent to an activating group) is 1. The van der Waals surface area contributed by atoms with Crippen molar-refractivity contribution >= 4 is 6.29 Å². The zero-order valence-corrected chi connectivity index (χ0v) is 11.3. The van der Waals surface area contributed by atoms with Crippen molar-refractivity contribution in [3.8, 4) is 0 Å². The average Bonchev–Trinajstić information content (AvgIpc) is 2.78. The highest BCUT2D eigenvalue weighted by molar-refractivity contribution is 5.60. The molecular weight excluding hydrogens is 212 g/mol. The monoisotopic (exact) mass is 238 g/mol. The van der Waals surface area contributed by atoms with Crippen LogP contribution in [0.3, 0.4) is 0 Å². The molecule has 17 heavy (non-hydrogen) atoms. The minimum Gasteiger partial charge on any atom is -0.305 e. The molecule has 0 aromatic heterocycles. The summed E-state index contributed by atoms with van der Waals surface area (Å²) in [7, 11) is 4.33. The van der Waals surface area contributed by atoms with E-state index in [1.54, 1.807) is 0 Å². The second-order valence-electron chi connectivity index (χ2n) is 6.18. The Morgan fingerprint density at radius 1 is 1.29 bits per heavy atom. The summed E-state index contributed by atoms with van der Waals surface area (Å²) in [6.07, 6.45) is 8.53. The Morgan fingerprint density at radius 3 is 2.59 bits per heavy atom. The van der Waals surface area contributed by atoms with Gasteiger partial charge in [-0.15, -0.1) is 0 Å². The summed E-state index contributed by atoms with van der Waals surface area (Å²) in [6, 6.07) is 0.675. The molecule has 2 fully saturated rings. The topological polar surface area (TPSA) is 23.6 Å². The van der Waals surface area contributed by atoms with Gasteiger partial charge in [0.05, 0.1) is 0 Å². The molecule has 0 aromatic rings. The zero-order chi connectivity index (χ0) is 12.3. The average molecular weight is 238 g/mol. The van der Waals surface area contributed by atoms with E-state index in [0.29, 0.717) is 6.04 Å². The van der Waals surface area contributed by atoms with Gasteiger partial charge in [-0.3, -0.25) is 0 Å². The molecule has 0 amide bonds. The van der Waals surface area contributed by atoms with Crippen LogP contribution in [0.15, 0.2) is 0 Å². The number of rotatable bonds is 4. The van der Waals surface area contributed by atoms with Crippen LogP contribution in [-0.2, 0) is 4.79 Å². The fourth-order valence-electron chi connectivity index (χ4n) is 3.43. The number of hydrogen-bond donors (Lipinski definition) is 0. The Labute approximate surface area is 105 Å². The predicted molar refractivity (Wildman–Crippen MR) is 70.1 cm³/mol. The van der Waals surface area contributed by atoms with Gasteiger partial charge < -0.3 is 14.6 Å². The molecule has 1 heterocycles. The fraction of sp³-hybridized carbons (Fsp3) is 0.929. The first-order valence-corrected chi connectivity index (χ1v) is 7.00. The van der Waals surface area contributed by atoms with E-state index in [9.17, 15) is 4.79 Å². The van der Waals surface area contributed by atoms with Gasteiger partial charge in [0, 0.05) is 24.5 Å². The van der Waals surface area contributed by atoms with Gasteiger partial charge in [-0.05, 0) is 46.3 Å². The van der Waals surface area contributed by atoms with Crippen molar-refractivity contribution in [2.75, 3.05) is 33.7 Å². The maximum absolute atomic E-state index is 11.4. The van der Waals surface area contributed by atoms with Crippen molar-refractivity contribution in [3.05, 3.63) is 0 Å². The van der Waals surface area contributed by atoms with Gasteiger partial charge in [0.25, 0.3) is 0 Å². The minimum absolute atomic E-state index is 0.00575. The molecule has 1 saturated carbocycles. The van der Waals surface area contributed by atoms with Gasteiger partial charge in [-0.25, -0.2) is 0 Å². The summed E-state index contributed by atoms with van der Waals surface area (Å²) in [5.74, 6) is 0. The quantitative estimate of drug-likeness (QED) is 0.697. The van der Waals surface area contributed by atoms with Gasteiger partial charge in [0.1, 0.15) is 6.29 Å². The third kappa shape index (κ3) is 3.08. The van der Waals surface area contributed by atoms with Gasteiger partial charge in [-0.2, -0.15) is 0 Å². The molecule has 0 bridgehead atoms. The predicted octanol–water partition coefficient (Wildman–Crippen LogP) is 1.77. The van der Waals surface area contributed by atoms with Crippen LogP contribution in [0.25, 0.3) is 0 Å². The highest BCUT2D eigenvalue weighted by Crippen LogP contribution is 2.37. The molecule has 1 aliphatic carbocycles. The molecule has 1 aliphatic heterocycles. The summed E-state index contributed by atoms with van der Waals surface area (Å²) in [4.78, 5) is 16.2. The van der Waals surface area contributed by atoms with E-state index < -0.39 is 0 Å². The molecule has 98 valence electrons. The Bertz CT molecular complexity index is 259. The van der Waals surface area contributed by atoms with E-state index in [1.807, 2.05) is 0 Å². The van der Waals surface area contributed by atoms with Crippen molar-refractivity contribution in [1.82, 2.24) is 9.80 Å². The standard InChI is InChI=1S/C14H26N2O/c1-15(2)13-6-5-9-16(10-13)11-14(12-17)7-3-4-8-14/h12-13H,3-11H2,1-2H3. The Hall–Kier alpha value is -0.410. The number of aldehydes is 1. The number of hydrogen-bond acceptors (Lipinski definition) is 3. The second-order valence-corrected chi connectivity index (χ2v) is 6.18. The Kier molecular flexibility index (Phi) is 4.21. The first-order valence-electron chi connectivity index (χ1n) is 7.00. The van der Waals surface area contributed by atoms with Gasteiger partial charge >= 0.3 is 0 Å². The van der Waals surface area contributed by atoms with E-state index >= 15 is 0 Å². The van der Waals surface area contributed by atoms with Crippen molar-refractivity contribution in [2.45, 2.75) is 44.6 Å². The van der Waals surface area contributed by atoms with Crippen LogP contribution in [0, 0.1) is 5.41 Å². The summed E-state index contributed by atoms with van der Waals surface area (Å²) < 4.78 is 0. The van der Waals surface area contributed by atoms with Crippen molar-refractivity contribution in [1.29, 1.82) is 0 Å². The van der Waals surface area contributed by atoms with E-state index in [0.717, 1.165) is 25.9 Å². The summed E-state index contributed by atoms with van der Waals surface area (Å²) in [5.41, 5.74) is -0.00575. The molecule has 1 atom stereocenters. The molecule has 3 nitrogen and oxygen atoms in total. The molecule has 1 unspecified atom stereocenters. The molecule has 2 aliphatic rings. The third-order valence-electron chi connectivity index (χ3n) is 4.60. The number of likely N-dealkylation sites (tertiary alicyclic amines) is 1. The van der Waals surface area contributed by atoms with Crippen LogP contribution in [0.5, 0.6) is 0 Å². The SMILES string of the molecule is CN(C)C1CCCN(CC2(C=O)CCCC2)C1. The van der Waals surface area contributed by atoms with E-state index in [-0.39, 0.29) is 5.41 Å². The van der Waals surface area contributed by atoms with Crippen LogP contribution in [-0.4, -0.2) is 55.9 Å². The molecule has 1 saturated heterocycles. The van der Waals surface area contributed by atoms with Crippen LogP contribution < -0.4 is 0 Å². The number of carbonyl (C=O) groups is 1. The van der Waals surface area contributed by atoms with Gasteiger partial charge in [0.2, 0.25) is 0 Å². The highest BCUT2D eigenvalue weighted by Gasteiger charge is 2.36. The largest absolute Gasteiger partial charge is 0.305 e. The summed E-state index contributed by atoms with van der Waals surface area (Å²) in [5, 5.41) is 0. The summed E-state index contributed by atoms with van der Waals surface area (Å²) >= 11 is 0. The second kappa shape index (κ2) is 5.49. The third-order valence-corrected chi connectivity index (χ3v) is 4.60. The molecule has 3 heteroatoms. The van der Waals surface area contributed by atoms with Crippen molar-refractivity contribution in [3.63, 3.8) is 0 Å². The number of piperidine rings is 1. The lowest BCUT2D eigenvalue weighted by molar-refractivity contribution is -0.117. The summed E-state index contributed by atoms with van der Waals surface area (Å²) in [6.45, 7) is 3.32. The normalized spacial score (nSPS) is 29.7. The first-order chi connectivity index (χ1) is 8.15. The van der Waals surface area contributed by atoms with Crippen LogP contribution in [0.1, 0.15) is 38.5 Å². The lowest BCUT2D eigenvalue weighted by Gasteiger charge is -2.39. The number of nitrogens with zero attached hydrogens (tertiary/aromatic N) is 2. The van der Waals surface area contributed by atoms with E-state index in [1.165, 1.54) is 38.5 Å². The fourth-order valence-corrected chi connectivity index (χ4v) is 3.43. The molecule has 2 rings (SSSR count). The molecule has 0 aromatic carbocycles. The minimum atomic E-state index is -0.00575. The lowest BCUT2D eigenvalue weighted by atomic mass is 9.86. The van der Waals surface area contributed by atoms with Crippen LogP contribution in [0.4, 0.5) is 0 Å². The smallest absolute Gasteiger partial charge is 0.127 e. The van der Waals surface area contributed by atoms with Crippen LogP contribution >= 0.6 is 0 Å². The molecule has 0 N–H and O–H groups in total. The zero-order valence-electron chi connectivity index (χ0n) is 11.3. The van der Waals surface area contributed by atoms with Crippen molar-refractivity contribution < 1.29 is 4.79 Å². The van der Waals surface area contributed by atoms with Crippen molar-refractivity contribution in [2.24, 2.45) is 5.41 Å². The van der Waals surface area contributed by atoms with E-state index in [4.69, 9.17) is 0 Å². The molecular formula is C14H26N2O. The highest BCUT2D eigenvalue weighted by atomic mass is 16.1. The molecule has 0 radical (unpaired) electrons. The lowest BCUT2D eigenvalue weighted by Crippen LogP contribution is -2.48. The van der Waals surface area contributed by atoms with E-state index in [2.05, 4.69) is 23.9 Å². The Balaban J connectivity index is 1.91. The Morgan fingerprint density at radius 2 is 2.00 bits per heavy atom. The van der Waals surface area contributed by atoms with Gasteiger partial charge in [0.15, 0.2) is 0 Å². The maximum atomic E-state index is 11.4. The molecule has 0 spiro atoms. The van der Waals surface area contributed by atoms with Crippen LogP contribution in [0.2, 0.25) is 0 Å². The van der Waals surface area contributed by atoms with Gasteiger partial charge in [-0.1, -0.05) is 12.8 Å². The number of carbonyl (C=O) groups excluding carboxylic acids is 1.